The van der Waals surface area contributed by atoms with Gasteiger partial charge in [-0.2, -0.15) is 18.3 Å². The molecule has 0 atom stereocenters. The molecule has 3 heterocycles. The third-order valence-electron chi connectivity index (χ3n) is 5.09. The van der Waals surface area contributed by atoms with Crippen molar-refractivity contribution in [1.82, 2.24) is 24.3 Å². The summed E-state index contributed by atoms with van der Waals surface area (Å²) in [6.45, 7) is 0. The maximum atomic E-state index is 13.8. The smallest absolute Gasteiger partial charge is 0.435 e. The van der Waals surface area contributed by atoms with Crippen LogP contribution in [0.4, 0.5) is 24.5 Å². The summed E-state index contributed by atoms with van der Waals surface area (Å²) in [5.41, 5.74) is 4.78. The Bertz CT molecular complexity index is 1460. The molecule has 36 heavy (non-hydrogen) atoms. The summed E-state index contributed by atoms with van der Waals surface area (Å²) in [5, 5.41) is 6.24. The summed E-state index contributed by atoms with van der Waals surface area (Å²) in [7, 11) is 2.59. The normalized spacial score (nSPS) is 11.4. The molecule has 0 radical (unpaired) electrons. The third kappa shape index (κ3) is 4.73. The number of nitrogens with one attached hydrogen (secondary N) is 1. The Kier molecular flexibility index (Phi) is 6.41. The molecule has 14 heteroatoms. The number of nitrogen functional groups attached to an aromatic ring is 1. The van der Waals surface area contributed by atoms with Gasteiger partial charge in [0.25, 0.3) is 5.91 Å². The second kappa shape index (κ2) is 9.34. The van der Waals surface area contributed by atoms with Crippen LogP contribution in [0.5, 0.6) is 0 Å². The first-order valence-electron chi connectivity index (χ1n) is 10.1. The number of aromatic nitrogens is 5. The van der Waals surface area contributed by atoms with Crippen LogP contribution in [0.1, 0.15) is 26.7 Å². The number of nitrogens with zero attached hydrogens (tertiary/aromatic N) is 5. The van der Waals surface area contributed by atoms with Crippen LogP contribution in [0.15, 0.2) is 48.9 Å². The van der Waals surface area contributed by atoms with Gasteiger partial charge in [-0.05, 0) is 30.3 Å². The van der Waals surface area contributed by atoms with Crippen molar-refractivity contribution in [2.24, 2.45) is 7.05 Å². The fourth-order valence-electron chi connectivity index (χ4n) is 3.35. The van der Waals surface area contributed by atoms with Gasteiger partial charge in [0.1, 0.15) is 0 Å². The molecule has 0 aliphatic rings. The first-order chi connectivity index (χ1) is 17.0. The van der Waals surface area contributed by atoms with Gasteiger partial charge in [-0.25, -0.2) is 19.4 Å². The second-order valence-electron chi connectivity index (χ2n) is 7.45. The second-order valence-corrected chi connectivity index (χ2v) is 7.86. The molecule has 0 fully saturated rings. The van der Waals surface area contributed by atoms with Gasteiger partial charge in [-0.3, -0.25) is 4.79 Å². The number of ether oxygens (including phenoxy) is 1. The fraction of sp³-hybridized carbons (Fsp3) is 0.136. The van der Waals surface area contributed by atoms with Gasteiger partial charge in [0.15, 0.2) is 17.3 Å². The summed E-state index contributed by atoms with van der Waals surface area (Å²) in [5.74, 6) is -1.42. The molecule has 4 aromatic rings. The Morgan fingerprint density at radius 3 is 2.50 bits per heavy atom. The largest absolute Gasteiger partial charge is 0.465 e. The van der Waals surface area contributed by atoms with E-state index in [0.717, 1.165) is 17.1 Å². The van der Waals surface area contributed by atoms with Crippen LogP contribution in [0, 0.1) is 0 Å². The number of benzene rings is 1. The Labute approximate surface area is 206 Å². The average molecular weight is 520 g/mol. The van der Waals surface area contributed by atoms with Crippen molar-refractivity contribution >= 4 is 34.9 Å². The van der Waals surface area contributed by atoms with E-state index in [2.05, 4.69) is 25.1 Å². The number of pyridine rings is 1. The van der Waals surface area contributed by atoms with E-state index in [-0.39, 0.29) is 39.2 Å². The standard InChI is InChI=1S/C22H17ClF3N7O3/c1-32-16(14-10-33(31-18(14)22(24,25)26)17-6-3-11(27)8-28-17)9-29-19(32)20(34)30-12-4-5-13(15(23)7-12)21(35)36-2/h3-10H,27H2,1-2H3,(H,30,34). The minimum Gasteiger partial charge on any atom is -0.465 e. The molecule has 0 saturated carbocycles. The third-order valence-corrected chi connectivity index (χ3v) is 5.40. The van der Waals surface area contributed by atoms with Crippen LogP contribution < -0.4 is 11.1 Å². The van der Waals surface area contributed by atoms with Crippen LogP contribution in [-0.4, -0.2) is 43.3 Å². The minimum absolute atomic E-state index is 0.00626. The van der Waals surface area contributed by atoms with Crippen LogP contribution in [0.2, 0.25) is 5.02 Å². The molecule has 0 aliphatic heterocycles. The Morgan fingerprint density at radius 2 is 1.89 bits per heavy atom. The van der Waals surface area contributed by atoms with Gasteiger partial charge in [0, 0.05) is 18.9 Å². The van der Waals surface area contributed by atoms with Crippen LogP contribution in [0.3, 0.4) is 0 Å². The fourth-order valence-corrected chi connectivity index (χ4v) is 3.60. The molecular weight excluding hydrogens is 503 g/mol. The first-order valence-corrected chi connectivity index (χ1v) is 10.5. The topological polar surface area (TPSA) is 130 Å². The number of imidazole rings is 1. The molecule has 3 N–H and O–H groups in total. The number of carbonyl (C=O) groups is 2. The SMILES string of the molecule is COC(=O)c1ccc(NC(=O)c2ncc(-c3cn(-c4ccc(N)cn4)nc3C(F)(F)F)n2C)cc1Cl. The number of methoxy groups -OCH3 is 1. The number of amides is 1. The summed E-state index contributed by atoms with van der Waals surface area (Å²) >= 11 is 6.07. The van der Waals surface area contributed by atoms with E-state index in [0.29, 0.717) is 5.69 Å². The number of halogens is 4. The number of carbonyl (C=O) groups excluding carboxylic acids is 2. The van der Waals surface area contributed by atoms with E-state index in [1.54, 1.807) is 0 Å². The highest BCUT2D eigenvalue weighted by Crippen LogP contribution is 2.36. The molecule has 1 aromatic carbocycles. The monoisotopic (exact) mass is 519 g/mol. The number of alkyl halides is 3. The van der Waals surface area contributed by atoms with Crippen molar-refractivity contribution in [3.05, 3.63) is 71.0 Å². The number of anilines is 2. The molecule has 0 bridgehead atoms. The molecule has 0 spiro atoms. The van der Waals surface area contributed by atoms with E-state index in [1.165, 1.54) is 55.3 Å². The van der Waals surface area contributed by atoms with E-state index in [9.17, 15) is 22.8 Å². The van der Waals surface area contributed by atoms with Gasteiger partial charge in [0.2, 0.25) is 0 Å². The molecule has 1 amide bonds. The summed E-state index contributed by atoms with van der Waals surface area (Å²) in [6.07, 6.45) is -1.22. The minimum atomic E-state index is -4.79. The molecule has 10 nitrogen and oxygen atoms in total. The summed E-state index contributed by atoms with van der Waals surface area (Å²) < 4.78 is 48.2. The first kappa shape index (κ1) is 24.7. The predicted octanol–water partition coefficient (Wildman–Crippen LogP) is 3.96. The molecule has 0 aliphatic carbocycles. The number of hydrogen-bond acceptors (Lipinski definition) is 7. The lowest BCUT2D eigenvalue weighted by atomic mass is 10.2. The lowest BCUT2D eigenvalue weighted by Gasteiger charge is -2.09. The Hall–Kier alpha value is -4.39. The number of esters is 1. The highest BCUT2D eigenvalue weighted by molar-refractivity contribution is 6.34. The molecule has 4 rings (SSSR count). The zero-order valence-electron chi connectivity index (χ0n) is 18.7. The average Bonchev–Trinajstić information content (AvgIpc) is 3.43. The molecule has 3 aromatic heterocycles. The Morgan fingerprint density at radius 1 is 1.14 bits per heavy atom. The van der Waals surface area contributed by atoms with Gasteiger partial charge >= 0.3 is 12.1 Å². The van der Waals surface area contributed by atoms with Crippen molar-refractivity contribution in [1.29, 1.82) is 0 Å². The van der Waals surface area contributed by atoms with Crippen molar-refractivity contribution in [2.75, 3.05) is 18.2 Å². The van der Waals surface area contributed by atoms with Crippen molar-refractivity contribution < 1.29 is 27.5 Å². The zero-order chi connectivity index (χ0) is 26.2. The molecule has 186 valence electrons. The van der Waals surface area contributed by atoms with Gasteiger partial charge in [-0.1, -0.05) is 11.6 Å². The lowest BCUT2D eigenvalue weighted by Crippen LogP contribution is -2.17. The van der Waals surface area contributed by atoms with E-state index < -0.39 is 23.7 Å². The Balaban J connectivity index is 1.67. The van der Waals surface area contributed by atoms with Crippen molar-refractivity contribution in [3.63, 3.8) is 0 Å². The number of nitrogens with two attached hydrogens (primary N) is 1. The highest BCUT2D eigenvalue weighted by atomic mass is 35.5. The highest BCUT2D eigenvalue weighted by Gasteiger charge is 2.39. The van der Waals surface area contributed by atoms with Crippen molar-refractivity contribution in [2.45, 2.75) is 6.18 Å². The number of hydrogen-bond donors (Lipinski definition) is 2. The van der Waals surface area contributed by atoms with E-state index in [4.69, 9.17) is 17.3 Å². The van der Waals surface area contributed by atoms with Crippen LogP contribution in [-0.2, 0) is 18.0 Å². The maximum Gasteiger partial charge on any atom is 0.435 e. The maximum absolute atomic E-state index is 13.8. The zero-order valence-corrected chi connectivity index (χ0v) is 19.4. The van der Waals surface area contributed by atoms with Gasteiger partial charge in [-0.15, -0.1) is 0 Å². The van der Waals surface area contributed by atoms with E-state index >= 15 is 0 Å². The molecule has 0 unspecified atom stereocenters. The molecular formula is C22H17ClF3N7O3. The molecule has 0 saturated heterocycles. The number of rotatable bonds is 5. The van der Waals surface area contributed by atoms with Gasteiger partial charge < -0.3 is 20.4 Å². The van der Waals surface area contributed by atoms with Crippen LogP contribution >= 0.6 is 11.6 Å². The van der Waals surface area contributed by atoms with Crippen LogP contribution in [0.25, 0.3) is 17.1 Å². The van der Waals surface area contributed by atoms with Crippen molar-refractivity contribution in [3.8, 4) is 17.1 Å². The lowest BCUT2D eigenvalue weighted by molar-refractivity contribution is -0.140. The summed E-state index contributed by atoms with van der Waals surface area (Å²) in [6, 6.07) is 7.02. The quantitative estimate of drug-likeness (QED) is 0.382. The summed E-state index contributed by atoms with van der Waals surface area (Å²) in [4.78, 5) is 32.5. The predicted molar refractivity (Wildman–Crippen MR) is 124 cm³/mol. The van der Waals surface area contributed by atoms with Gasteiger partial charge in [0.05, 0.1) is 47.0 Å². The van der Waals surface area contributed by atoms with E-state index in [1.807, 2.05) is 0 Å².